The summed E-state index contributed by atoms with van der Waals surface area (Å²) < 4.78 is 5.55. The van der Waals surface area contributed by atoms with Crippen LogP contribution >= 0.6 is 0 Å². The predicted octanol–water partition coefficient (Wildman–Crippen LogP) is 2.58. The summed E-state index contributed by atoms with van der Waals surface area (Å²) in [5, 5.41) is 3.49. The molecule has 2 nitrogen and oxygen atoms in total. The molecular weight excluding hydrogens is 174 g/mol. The molecule has 1 aliphatic carbocycles. The van der Waals surface area contributed by atoms with Crippen LogP contribution in [0.4, 0.5) is 0 Å². The van der Waals surface area contributed by atoms with Gasteiger partial charge in [-0.25, -0.2) is 0 Å². The average Bonchev–Trinajstić information content (AvgIpc) is 2.92. The molecule has 0 spiro atoms. The lowest BCUT2D eigenvalue weighted by molar-refractivity contribution is 0.125. The molecule has 1 rings (SSSR count). The van der Waals surface area contributed by atoms with Gasteiger partial charge in [-0.15, -0.1) is 0 Å². The zero-order valence-corrected chi connectivity index (χ0v) is 9.72. The summed E-state index contributed by atoms with van der Waals surface area (Å²) in [6, 6.07) is 0.843. The van der Waals surface area contributed by atoms with Crippen molar-refractivity contribution in [3.63, 3.8) is 0 Å². The Labute approximate surface area is 88.4 Å². The van der Waals surface area contributed by atoms with E-state index in [0.717, 1.165) is 38.1 Å². The molecule has 0 saturated heterocycles. The quantitative estimate of drug-likeness (QED) is 0.576. The predicted molar refractivity (Wildman–Crippen MR) is 60.5 cm³/mol. The summed E-state index contributed by atoms with van der Waals surface area (Å²) in [5.74, 6) is 0.815. The first-order valence-corrected chi connectivity index (χ1v) is 6.10. The van der Waals surface area contributed by atoms with Crippen LogP contribution < -0.4 is 5.32 Å². The zero-order chi connectivity index (χ0) is 10.2. The Morgan fingerprint density at radius 1 is 1.21 bits per heavy atom. The lowest BCUT2D eigenvalue weighted by Gasteiger charge is -2.06. The minimum atomic E-state index is 0.815. The standard InChI is InChI=1S/C12H25NO/c1-11(2)5-3-9-14-10-4-8-13-12-6-7-12/h11-13H,3-10H2,1-2H3. The molecule has 2 heteroatoms. The number of rotatable bonds is 9. The summed E-state index contributed by atoms with van der Waals surface area (Å²) in [5.41, 5.74) is 0. The van der Waals surface area contributed by atoms with E-state index in [2.05, 4.69) is 19.2 Å². The number of nitrogens with one attached hydrogen (secondary N) is 1. The van der Waals surface area contributed by atoms with E-state index in [1.165, 1.54) is 25.7 Å². The largest absolute Gasteiger partial charge is 0.381 e. The van der Waals surface area contributed by atoms with Gasteiger partial charge in [0.1, 0.15) is 0 Å². The first-order chi connectivity index (χ1) is 6.79. The van der Waals surface area contributed by atoms with Crippen molar-refractivity contribution in [1.29, 1.82) is 0 Å². The van der Waals surface area contributed by atoms with E-state index in [1.54, 1.807) is 0 Å². The fourth-order valence-corrected chi connectivity index (χ4v) is 1.46. The summed E-state index contributed by atoms with van der Waals surface area (Å²) in [7, 11) is 0. The van der Waals surface area contributed by atoms with Gasteiger partial charge in [0.05, 0.1) is 0 Å². The average molecular weight is 199 g/mol. The van der Waals surface area contributed by atoms with Crippen LogP contribution in [0.15, 0.2) is 0 Å². The lowest BCUT2D eigenvalue weighted by Crippen LogP contribution is -2.18. The SMILES string of the molecule is CC(C)CCCOCCCNC1CC1. The van der Waals surface area contributed by atoms with Gasteiger partial charge in [0.15, 0.2) is 0 Å². The van der Waals surface area contributed by atoms with E-state index in [-0.39, 0.29) is 0 Å². The highest BCUT2D eigenvalue weighted by Gasteiger charge is 2.19. The molecule has 0 atom stereocenters. The monoisotopic (exact) mass is 199 g/mol. The van der Waals surface area contributed by atoms with Crippen LogP contribution in [0.5, 0.6) is 0 Å². The summed E-state index contributed by atoms with van der Waals surface area (Å²) >= 11 is 0. The van der Waals surface area contributed by atoms with Gasteiger partial charge in [0, 0.05) is 19.3 Å². The number of ether oxygens (including phenoxy) is 1. The Morgan fingerprint density at radius 3 is 2.57 bits per heavy atom. The normalized spacial score (nSPS) is 16.5. The minimum Gasteiger partial charge on any atom is -0.381 e. The third-order valence-electron chi connectivity index (χ3n) is 2.55. The van der Waals surface area contributed by atoms with Crippen molar-refractivity contribution in [3.8, 4) is 0 Å². The van der Waals surface area contributed by atoms with Crippen molar-refractivity contribution in [2.24, 2.45) is 5.92 Å². The van der Waals surface area contributed by atoms with Crippen molar-refractivity contribution >= 4 is 0 Å². The first-order valence-electron chi connectivity index (χ1n) is 6.10. The van der Waals surface area contributed by atoms with Crippen LogP contribution in [0.3, 0.4) is 0 Å². The molecule has 0 bridgehead atoms. The van der Waals surface area contributed by atoms with E-state index in [4.69, 9.17) is 4.74 Å². The molecule has 0 aromatic carbocycles. The van der Waals surface area contributed by atoms with E-state index >= 15 is 0 Å². The van der Waals surface area contributed by atoms with Crippen LogP contribution in [-0.4, -0.2) is 25.8 Å². The van der Waals surface area contributed by atoms with Crippen molar-refractivity contribution in [3.05, 3.63) is 0 Å². The molecule has 1 aliphatic rings. The van der Waals surface area contributed by atoms with Gasteiger partial charge in [-0.3, -0.25) is 0 Å². The van der Waals surface area contributed by atoms with Crippen molar-refractivity contribution in [2.75, 3.05) is 19.8 Å². The van der Waals surface area contributed by atoms with Gasteiger partial charge in [0.2, 0.25) is 0 Å². The molecule has 0 heterocycles. The fourth-order valence-electron chi connectivity index (χ4n) is 1.46. The lowest BCUT2D eigenvalue weighted by atomic mass is 10.1. The van der Waals surface area contributed by atoms with Gasteiger partial charge < -0.3 is 10.1 Å². The molecule has 0 aliphatic heterocycles. The van der Waals surface area contributed by atoms with Crippen LogP contribution in [0.1, 0.15) is 46.0 Å². The number of hydrogen-bond donors (Lipinski definition) is 1. The second kappa shape index (κ2) is 7.24. The maximum Gasteiger partial charge on any atom is 0.0478 e. The van der Waals surface area contributed by atoms with E-state index < -0.39 is 0 Å². The maximum atomic E-state index is 5.55. The fraction of sp³-hybridized carbons (Fsp3) is 1.00. The Kier molecular flexibility index (Phi) is 6.20. The molecule has 1 N–H and O–H groups in total. The molecule has 1 fully saturated rings. The van der Waals surface area contributed by atoms with Gasteiger partial charge in [-0.1, -0.05) is 13.8 Å². The van der Waals surface area contributed by atoms with E-state index in [1.807, 2.05) is 0 Å². The van der Waals surface area contributed by atoms with Crippen LogP contribution in [0.2, 0.25) is 0 Å². The van der Waals surface area contributed by atoms with Crippen LogP contribution in [0, 0.1) is 5.92 Å². The highest BCUT2D eigenvalue weighted by Crippen LogP contribution is 2.18. The third kappa shape index (κ3) is 7.34. The smallest absolute Gasteiger partial charge is 0.0478 e. The molecule has 0 unspecified atom stereocenters. The van der Waals surface area contributed by atoms with E-state index in [0.29, 0.717) is 0 Å². The van der Waals surface area contributed by atoms with Gasteiger partial charge >= 0.3 is 0 Å². The van der Waals surface area contributed by atoms with Crippen molar-refractivity contribution in [2.45, 2.75) is 52.0 Å². The molecule has 0 radical (unpaired) electrons. The Morgan fingerprint density at radius 2 is 1.93 bits per heavy atom. The Balaban J connectivity index is 1.66. The summed E-state index contributed by atoms with van der Waals surface area (Å²) in [6.07, 6.45) is 6.44. The van der Waals surface area contributed by atoms with Crippen LogP contribution in [0.25, 0.3) is 0 Å². The van der Waals surface area contributed by atoms with Crippen molar-refractivity contribution < 1.29 is 4.74 Å². The van der Waals surface area contributed by atoms with Gasteiger partial charge in [-0.2, -0.15) is 0 Å². The highest BCUT2D eigenvalue weighted by molar-refractivity contribution is 4.80. The van der Waals surface area contributed by atoms with Crippen molar-refractivity contribution in [1.82, 2.24) is 5.32 Å². The molecule has 0 amide bonds. The number of hydrogen-bond acceptors (Lipinski definition) is 2. The molecule has 0 aromatic rings. The van der Waals surface area contributed by atoms with Gasteiger partial charge in [-0.05, 0) is 44.6 Å². The third-order valence-corrected chi connectivity index (χ3v) is 2.55. The Hall–Kier alpha value is -0.0800. The highest BCUT2D eigenvalue weighted by atomic mass is 16.5. The molecule has 1 saturated carbocycles. The summed E-state index contributed by atoms with van der Waals surface area (Å²) in [6.45, 7) is 7.54. The second-order valence-corrected chi connectivity index (χ2v) is 4.73. The molecular formula is C12H25NO. The summed E-state index contributed by atoms with van der Waals surface area (Å²) in [4.78, 5) is 0. The maximum absolute atomic E-state index is 5.55. The topological polar surface area (TPSA) is 21.3 Å². The second-order valence-electron chi connectivity index (χ2n) is 4.73. The van der Waals surface area contributed by atoms with E-state index in [9.17, 15) is 0 Å². The molecule has 14 heavy (non-hydrogen) atoms. The molecule has 84 valence electrons. The Bertz CT molecular complexity index is 124. The van der Waals surface area contributed by atoms with Crippen LogP contribution in [-0.2, 0) is 4.74 Å². The first kappa shape index (κ1) is 12.0. The van der Waals surface area contributed by atoms with Gasteiger partial charge in [0.25, 0.3) is 0 Å². The zero-order valence-electron chi connectivity index (χ0n) is 9.72. The molecule has 0 aromatic heterocycles. The minimum absolute atomic E-state index is 0.815.